The van der Waals surface area contributed by atoms with E-state index >= 15 is 0 Å². The Morgan fingerprint density at radius 3 is 2.26 bits per heavy atom. The van der Waals surface area contributed by atoms with Gasteiger partial charge < -0.3 is 43.6 Å². The Morgan fingerprint density at radius 1 is 1.00 bits per heavy atom. The van der Waals surface area contributed by atoms with Gasteiger partial charge in [0.15, 0.2) is 16.9 Å². The standard InChI is InChI=1S/C26H38N10O5S/c1-26(2,3)41-25(40)36-18(13-15-6-8-16(9-7-15)34-24(29)30)21(39)33-14-19(37)35-17(5-4-10-32-23(27)28)20(38)22-31-11-12-42-22/h6-9,11-12,17-18H,4-5,10,13-14H2,1-3H3,(H,33,39)(H,35,37)(H,36,40)(H4,27,28,32)(H4,29,30,34)/t17-,18+/m0/s1. The van der Waals surface area contributed by atoms with Crippen LogP contribution in [0.3, 0.4) is 0 Å². The molecule has 1 aromatic carbocycles. The normalized spacial score (nSPS) is 12.3. The van der Waals surface area contributed by atoms with Crippen molar-refractivity contribution in [2.75, 3.05) is 13.1 Å². The van der Waals surface area contributed by atoms with Crippen molar-refractivity contribution in [3.05, 3.63) is 46.4 Å². The highest BCUT2D eigenvalue weighted by Crippen LogP contribution is 2.15. The number of Topliss-reactive ketones (excluding diaryl/α,β-unsaturated/α-hetero) is 1. The summed E-state index contributed by atoms with van der Waals surface area (Å²) in [7, 11) is 0. The number of ether oxygens (including phenoxy) is 1. The maximum Gasteiger partial charge on any atom is 0.408 e. The van der Waals surface area contributed by atoms with Crippen molar-refractivity contribution in [2.24, 2.45) is 32.9 Å². The molecule has 0 fully saturated rings. The monoisotopic (exact) mass is 602 g/mol. The van der Waals surface area contributed by atoms with Crippen LogP contribution in [-0.4, -0.2) is 71.4 Å². The van der Waals surface area contributed by atoms with Crippen LogP contribution in [-0.2, 0) is 20.7 Å². The molecule has 0 saturated heterocycles. The van der Waals surface area contributed by atoms with Gasteiger partial charge in [-0.05, 0) is 51.3 Å². The Balaban J connectivity index is 2.09. The number of alkyl carbamates (subject to hydrolysis) is 1. The van der Waals surface area contributed by atoms with Gasteiger partial charge in [-0.3, -0.25) is 19.4 Å². The number of carbonyl (C=O) groups excluding carboxylic acids is 4. The van der Waals surface area contributed by atoms with Crippen molar-refractivity contribution in [2.45, 2.75) is 57.7 Å². The molecule has 3 amide bonds. The van der Waals surface area contributed by atoms with Crippen LogP contribution in [0, 0.1) is 0 Å². The molecule has 0 aliphatic heterocycles. The van der Waals surface area contributed by atoms with E-state index in [4.69, 9.17) is 27.7 Å². The summed E-state index contributed by atoms with van der Waals surface area (Å²) in [4.78, 5) is 63.1. The fourth-order valence-corrected chi connectivity index (χ4v) is 4.18. The van der Waals surface area contributed by atoms with Gasteiger partial charge in [-0.1, -0.05) is 12.1 Å². The maximum absolute atomic E-state index is 13.1. The summed E-state index contributed by atoms with van der Waals surface area (Å²) in [5, 5.41) is 9.59. The predicted octanol–water partition coefficient (Wildman–Crippen LogP) is 0.0213. The lowest BCUT2D eigenvalue weighted by molar-refractivity contribution is -0.127. The summed E-state index contributed by atoms with van der Waals surface area (Å²) >= 11 is 1.15. The lowest BCUT2D eigenvalue weighted by atomic mass is 10.0. The van der Waals surface area contributed by atoms with E-state index in [-0.39, 0.29) is 42.1 Å². The molecule has 1 aromatic heterocycles. The first-order valence-electron chi connectivity index (χ1n) is 13.0. The third-order valence-electron chi connectivity index (χ3n) is 5.31. The van der Waals surface area contributed by atoms with Gasteiger partial charge in [0.05, 0.1) is 18.3 Å². The Morgan fingerprint density at radius 2 is 1.69 bits per heavy atom. The molecule has 228 valence electrons. The first-order chi connectivity index (χ1) is 19.7. The zero-order chi connectivity index (χ0) is 31.3. The minimum Gasteiger partial charge on any atom is -0.444 e. The van der Waals surface area contributed by atoms with Gasteiger partial charge in [0.25, 0.3) is 0 Å². The van der Waals surface area contributed by atoms with E-state index in [0.29, 0.717) is 17.7 Å². The minimum absolute atomic E-state index is 0.0742. The van der Waals surface area contributed by atoms with Crippen molar-refractivity contribution in [1.29, 1.82) is 0 Å². The van der Waals surface area contributed by atoms with E-state index in [1.54, 1.807) is 50.4 Å². The van der Waals surface area contributed by atoms with Crippen LogP contribution in [0.4, 0.5) is 10.5 Å². The average Bonchev–Trinajstić information content (AvgIpc) is 3.43. The number of aliphatic imine (C=N–C) groups is 2. The highest BCUT2D eigenvalue weighted by Gasteiger charge is 2.27. The topological polar surface area (TPSA) is 255 Å². The van der Waals surface area contributed by atoms with Gasteiger partial charge in [-0.2, -0.15) is 0 Å². The molecule has 2 aromatic rings. The molecule has 0 unspecified atom stereocenters. The largest absolute Gasteiger partial charge is 0.444 e. The number of rotatable bonds is 14. The van der Waals surface area contributed by atoms with Gasteiger partial charge in [-0.25, -0.2) is 14.8 Å². The van der Waals surface area contributed by atoms with Crippen LogP contribution < -0.4 is 38.9 Å². The number of thiazole rings is 1. The highest BCUT2D eigenvalue weighted by atomic mass is 32.1. The van der Waals surface area contributed by atoms with Crippen molar-refractivity contribution in [3.8, 4) is 0 Å². The summed E-state index contributed by atoms with van der Waals surface area (Å²) in [6.07, 6.45) is 1.41. The van der Waals surface area contributed by atoms with E-state index in [1.165, 1.54) is 6.20 Å². The molecule has 0 spiro atoms. The summed E-state index contributed by atoms with van der Waals surface area (Å²) in [5.41, 5.74) is 21.9. The van der Waals surface area contributed by atoms with Crippen LogP contribution in [0.1, 0.15) is 49.0 Å². The van der Waals surface area contributed by atoms with E-state index in [0.717, 1.165) is 11.3 Å². The lowest BCUT2D eigenvalue weighted by Gasteiger charge is -2.23. The fraction of sp³-hybridized carbons (Fsp3) is 0.423. The highest BCUT2D eigenvalue weighted by molar-refractivity contribution is 7.11. The van der Waals surface area contributed by atoms with Crippen LogP contribution in [0.25, 0.3) is 0 Å². The molecule has 11 N–H and O–H groups in total. The lowest BCUT2D eigenvalue weighted by Crippen LogP contribution is -2.52. The smallest absolute Gasteiger partial charge is 0.408 e. The van der Waals surface area contributed by atoms with Gasteiger partial charge in [-0.15, -0.1) is 11.3 Å². The molecule has 15 nitrogen and oxygen atoms in total. The first-order valence-corrected chi connectivity index (χ1v) is 13.9. The molecular formula is C26H38N10O5S. The van der Waals surface area contributed by atoms with E-state index in [9.17, 15) is 19.2 Å². The number of hydrogen-bond acceptors (Lipinski definition) is 9. The number of benzene rings is 1. The van der Waals surface area contributed by atoms with Crippen molar-refractivity contribution in [3.63, 3.8) is 0 Å². The fourth-order valence-electron chi connectivity index (χ4n) is 3.55. The molecule has 1 heterocycles. The molecule has 42 heavy (non-hydrogen) atoms. The number of amides is 3. The molecule has 0 bridgehead atoms. The SMILES string of the molecule is CC(C)(C)OC(=O)N[C@H](Cc1ccc(N=C(N)N)cc1)C(=O)NCC(=O)N[C@@H](CCCN=C(N)N)C(=O)c1nccs1. The number of aromatic nitrogens is 1. The Hall–Kier alpha value is -4.73. The van der Waals surface area contributed by atoms with Gasteiger partial charge in [0.2, 0.25) is 17.6 Å². The summed E-state index contributed by atoms with van der Waals surface area (Å²) in [5.74, 6) is -1.81. The number of carbonyl (C=O) groups is 4. The van der Waals surface area contributed by atoms with Crippen molar-refractivity contribution < 1.29 is 23.9 Å². The molecule has 0 radical (unpaired) electrons. The summed E-state index contributed by atoms with van der Waals surface area (Å²) in [6, 6.07) is 4.70. The number of nitrogens with two attached hydrogens (primary N) is 4. The number of guanidine groups is 2. The molecule has 0 aliphatic carbocycles. The Bertz CT molecular complexity index is 1270. The zero-order valence-corrected chi connectivity index (χ0v) is 24.6. The van der Waals surface area contributed by atoms with Gasteiger partial charge >= 0.3 is 6.09 Å². The Kier molecular flexibility index (Phi) is 12.7. The predicted molar refractivity (Wildman–Crippen MR) is 160 cm³/mol. The van der Waals surface area contributed by atoms with E-state index in [2.05, 4.69) is 30.9 Å². The van der Waals surface area contributed by atoms with E-state index in [1.807, 2.05) is 0 Å². The molecular weight excluding hydrogens is 564 g/mol. The van der Waals surface area contributed by atoms with E-state index < -0.39 is 42.1 Å². The van der Waals surface area contributed by atoms with Crippen LogP contribution in [0.5, 0.6) is 0 Å². The number of nitrogens with one attached hydrogen (secondary N) is 3. The number of nitrogens with zero attached hydrogens (tertiary/aromatic N) is 3. The van der Waals surface area contributed by atoms with Crippen LogP contribution in [0.2, 0.25) is 0 Å². The zero-order valence-electron chi connectivity index (χ0n) is 23.8. The maximum atomic E-state index is 13.1. The van der Waals surface area contributed by atoms with Gasteiger partial charge in [0, 0.05) is 24.5 Å². The van der Waals surface area contributed by atoms with Crippen LogP contribution in [0.15, 0.2) is 45.8 Å². The molecule has 0 aliphatic rings. The molecule has 2 atom stereocenters. The molecule has 2 rings (SSSR count). The third-order valence-corrected chi connectivity index (χ3v) is 6.09. The first kappa shape index (κ1) is 33.5. The summed E-state index contributed by atoms with van der Waals surface area (Å²) < 4.78 is 5.30. The second kappa shape index (κ2) is 15.9. The quantitative estimate of drug-likeness (QED) is 0.0660. The second-order valence-corrected chi connectivity index (χ2v) is 11.0. The average molecular weight is 603 g/mol. The Labute approximate surface area is 247 Å². The summed E-state index contributed by atoms with van der Waals surface area (Å²) in [6.45, 7) is 4.88. The van der Waals surface area contributed by atoms with Crippen molar-refractivity contribution >= 4 is 52.6 Å². The molecule has 0 saturated carbocycles. The number of hydrogen-bond donors (Lipinski definition) is 7. The minimum atomic E-state index is -1.09. The number of ketones is 1. The third kappa shape index (κ3) is 12.6. The van der Waals surface area contributed by atoms with Crippen molar-refractivity contribution in [1.82, 2.24) is 20.9 Å². The van der Waals surface area contributed by atoms with Crippen LogP contribution >= 0.6 is 11.3 Å². The second-order valence-electron chi connectivity index (χ2n) is 10.1. The molecule has 16 heteroatoms. The van der Waals surface area contributed by atoms with Gasteiger partial charge in [0.1, 0.15) is 11.6 Å².